The van der Waals surface area contributed by atoms with Gasteiger partial charge in [-0.15, -0.1) is 0 Å². The van der Waals surface area contributed by atoms with Crippen molar-refractivity contribution in [3.8, 4) is 0 Å². The number of nitrogens with one attached hydrogen (secondary N) is 1. The molecule has 1 aliphatic rings. The number of carbonyl (C=O) groups is 1. The highest BCUT2D eigenvalue weighted by atomic mass is 79.9. The highest BCUT2D eigenvalue weighted by Crippen LogP contribution is 2.35. The molecule has 25 heavy (non-hydrogen) atoms. The number of hydrogen-bond acceptors (Lipinski definition) is 2. The minimum atomic E-state index is -4.44. The van der Waals surface area contributed by atoms with Gasteiger partial charge < -0.3 is 5.32 Å². The zero-order chi connectivity index (χ0) is 18.0. The molecule has 2 aromatic rings. The molecule has 4 nitrogen and oxygen atoms in total. The van der Waals surface area contributed by atoms with Crippen LogP contribution >= 0.6 is 15.9 Å². The third-order valence-electron chi connectivity index (χ3n) is 4.24. The predicted molar refractivity (Wildman–Crippen MR) is 90.3 cm³/mol. The number of aromatic nitrogens is 2. The van der Waals surface area contributed by atoms with E-state index in [1.54, 1.807) is 24.3 Å². The van der Waals surface area contributed by atoms with Gasteiger partial charge in [-0.05, 0) is 49.9 Å². The Morgan fingerprint density at radius 1 is 1.20 bits per heavy atom. The number of fused-ring (bicyclic) bond motifs is 1. The molecule has 0 bridgehead atoms. The molecule has 1 heterocycles. The topological polar surface area (TPSA) is 46.9 Å². The minimum Gasteiger partial charge on any atom is -0.350 e. The van der Waals surface area contributed by atoms with Crippen LogP contribution in [0, 0.1) is 0 Å². The molecule has 1 aromatic heterocycles. The van der Waals surface area contributed by atoms with Gasteiger partial charge in [0.15, 0.2) is 5.69 Å². The molecule has 0 saturated heterocycles. The molecule has 1 N–H and O–H groups in total. The van der Waals surface area contributed by atoms with E-state index in [9.17, 15) is 18.0 Å². The number of benzene rings is 1. The van der Waals surface area contributed by atoms with Crippen molar-refractivity contribution in [2.75, 3.05) is 6.54 Å². The van der Waals surface area contributed by atoms with Gasteiger partial charge in [0.1, 0.15) is 0 Å². The van der Waals surface area contributed by atoms with Crippen molar-refractivity contribution in [3.63, 3.8) is 0 Å². The first-order valence-electron chi connectivity index (χ1n) is 8.06. The predicted octanol–water partition coefficient (Wildman–Crippen LogP) is 3.97. The maximum Gasteiger partial charge on any atom is 0.435 e. The maximum absolute atomic E-state index is 13.1. The van der Waals surface area contributed by atoms with Crippen LogP contribution in [0.1, 0.15) is 40.2 Å². The second kappa shape index (κ2) is 7.19. The number of amides is 1. The summed E-state index contributed by atoms with van der Waals surface area (Å²) >= 11 is 3.30. The Bertz CT molecular complexity index is 769. The second-order valence-electron chi connectivity index (χ2n) is 5.96. The molecule has 1 amide bonds. The van der Waals surface area contributed by atoms with Crippen LogP contribution in [0.5, 0.6) is 0 Å². The van der Waals surface area contributed by atoms with Crippen LogP contribution in [0.2, 0.25) is 0 Å². The molecular weight excluding hydrogens is 399 g/mol. The largest absolute Gasteiger partial charge is 0.435 e. The summed E-state index contributed by atoms with van der Waals surface area (Å²) in [6.45, 7) is 0.445. The van der Waals surface area contributed by atoms with Crippen LogP contribution in [0.25, 0.3) is 0 Å². The van der Waals surface area contributed by atoms with E-state index in [2.05, 4.69) is 26.3 Å². The third kappa shape index (κ3) is 4.05. The molecule has 1 aliphatic carbocycles. The molecule has 0 aliphatic heterocycles. The number of hydrogen-bond donors (Lipinski definition) is 1. The molecule has 3 rings (SSSR count). The van der Waals surface area contributed by atoms with E-state index in [4.69, 9.17) is 0 Å². The Labute approximate surface area is 151 Å². The van der Waals surface area contributed by atoms with E-state index in [-0.39, 0.29) is 19.0 Å². The zero-order valence-electron chi connectivity index (χ0n) is 13.4. The summed E-state index contributed by atoms with van der Waals surface area (Å²) in [7, 11) is 0. The van der Waals surface area contributed by atoms with Gasteiger partial charge in [0, 0.05) is 27.8 Å². The summed E-state index contributed by atoms with van der Waals surface area (Å²) in [6, 6.07) is 6.87. The number of rotatable bonds is 4. The highest BCUT2D eigenvalue weighted by Gasteiger charge is 2.39. The van der Waals surface area contributed by atoms with Crippen molar-refractivity contribution in [1.29, 1.82) is 0 Å². The van der Waals surface area contributed by atoms with E-state index < -0.39 is 11.9 Å². The molecule has 8 heteroatoms. The van der Waals surface area contributed by atoms with Gasteiger partial charge in [-0.2, -0.15) is 18.3 Å². The van der Waals surface area contributed by atoms with Gasteiger partial charge in [-0.3, -0.25) is 9.48 Å². The average Bonchev–Trinajstić information content (AvgIpc) is 2.95. The summed E-state index contributed by atoms with van der Waals surface area (Å²) in [5, 5.41) is 6.50. The monoisotopic (exact) mass is 415 g/mol. The first-order valence-corrected chi connectivity index (χ1v) is 8.85. The number of carbonyl (C=O) groups excluding carboxylic acids is 1. The molecule has 0 atom stereocenters. The standard InChI is InChI=1S/C17H17BrF3N3O/c18-12-7-5-11(6-8-12)16(25)22-9-10-24-14-4-2-1-3-13(14)15(23-24)17(19,20)21/h5-8H,1-4,9-10H2,(H,22,25). The number of alkyl halides is 3. The lowest BCUT2D eigenvalue weighted by Gasteiger charge is -2.15. The summed E-state index contributed by atoms with van der Waals surface area (Å²) in [4.78, 5) is 12.1. The van der Waals surface area contributed by atoms with E-state index in [1.807, 2.05) is 0 Å². The molecule has 0 unspecified atom stereocenters. The molecule has 0 radical (unpaired) electrons. The Hall–Kier alpha value is -1.83. The van der Waals surface area contributed by atoms with Gasteiger partial charge in [0.25, 0.3) is 5.91 Å². The van der Waals surface area contributed by atoms with Gasteiger partial charge in [0.05, 0.1) is 6.54 Å². The molecule has 134 valence electrons. The van der Waals surface area contributed by atoms with Crippen molar-refractivity contribution in [3.05, 3.63) is 51.3 Å². The lowest BCUT2D eigenvalue weighted by atomic mass is 9.95. The van der Waals surface area contributed by atoms with E-state index >= 15 is 0 Å². The third-order valence-corrected chi connectivity index (χ3v) is 4.77. The highest BCUT2D eigenvalue weighted by molar-refractivity contribution is 9.10. The Kier molecular flexibility index (Phi) is 5.17. The van der Waals surface area contributed by atoms with Gasteiger partial charge >= 0.3 is 6.18 Å². The average molecular weight is 416 g/mol. The van der Waals surface area contributed by atoms with Crippen LogP contribution < -0.4 is 5.32 Å². The minimum absolute atomic E-state index is 0.223. The Balaban J connectivity index is 1.68. The van der Waals surface area contributed by atoms with Crippen LogP contribution in [0.3, 0.4) is 0 Å². The SMILES string of the molecule is O=C(NCCn1nc(C(F)(F)F)c2c1CCCC2)c1ccc(Br)cc1. The van der Waals surface area contributed by atoms with Crippen LogP contribution in [-0.2, 0) is 25.6 Å². The molecule has 0 spiro atoms. The maximum atomic E-state index is 13.1. The van der Waals surface area contributed by atoms with E-state index in [0.717, 1.165) is 17.3 Å². The normalized spacial score (nSPS) is 14.2. The summed E-state index contributed by atoms with van der Waals surface area (Å²) in [6.07, 6.45) is -1.81. The fourth-order valence-electron chi connectivity index (χ4n) is 3.06. The van der Waals surface area contributed by atoms with Gasteiger partial charge in [-0.25, -0.2) is 0 Å². The van der Waals surface area contributed by atoms with Crippen LogP contribution in [-0.4, -0.2) is 22.2 Å². The van der Waals surface area contributed by atoms with Gasteiger partial charge in [0.2, 0.25) is 0 Å². The van der Waals surface area contributed by atoms with Crippen LogP contribution in [0.15, 0.2) is 28.7 Å². The quantitative estimate of drug-likeness (QED) is 0.820. The summed E-state index contributed by atoms with van der Waals surface area (Å²) in [5.41, 5.74) is 0.692. The van der Waals surface area contributed by atoms with Crippen molar-refractivity contribution in [2.24, 2.45) is 0 Å². The fourth-order valence-corrected chi connectivity index (χ4v) is 3.33. The summed E-state index contributed by atoms with van der Waals surface area (Å²) in [5.74, 6) is -0.260. The first kappa shape index (κ1) is 18.0. The Morgan fingerprint density at radius 3 is 2.56 bits per heavy atom. The fraction of sp³-hybridized carbons (Fsp3) is 0.412. The lowest BCUT2D eigenvalue weighted by molar-refractivity contribution is -0.142. The van der Waals surface area contributed by atoms with Crippen molar-refractivity contribution >= 4 is 21.8 Å². The number of nitrogens with zero attached hydrogens (tertiary/aromatic N) is 2. The smallest absolute Gasteiger partial charge is 0.350 e. The van der Waals surface area contributed by atoms with Gasteiger partial charge in [-0.1, -0.05) is 15.9 Å². The van der Waals surface area contributed by atoms with Crippen LogP contribution in [0.4, 0.5) is 13.2 Å². The first-order chi connectivity index (χ1) is 11.9. The van der Waals surface area contributed by atoms with E-state index in [0.29, 0.717) is 29.7 Å². The van der Waals surface area contributed by atoms with Crippen molar-refractivity contribution in [2.45, 2.75) is 38.4 Å². The molecular formula is C17H17BrF3N3O. The molecule has 1 aromatic carbocycles. The Morgan fingerprint density at radius 2 is 1.88 bits per heavy atom. The second-order valence-corrected chi connectivity index (χ2v) is 6.88. The molecule has 0 saturated carbocycles. The van der Waals surface area contributed by atoms with Crippen molar-refractivity contribution < 1.29 is 18.0 Å². The molecule has 0 fully saturated rings. The lowest BCUT2D eigenvalue weighted by Crippen LogP contribution is -2.28. The zero-order valence-corrected chi connectivity index (χ0v) is 15.0. The summed E-state index contributed by atoms with van der Waals surface area (Å²) < 4.78 is 41.7. The van der Waals surface area contributed by atoms with Crippen molar-refractivity contribution in [1.82, 2.24) is 15.1 Å². The van der Waals surface area contributed by atoms with E-state index in [1.165, 1.54) is 4.68 Å². The number of halogens is 4.